The molecule has 0 aliphatic rings. The first-order chi connectivity index (χ1) is 4.63. The number of thiol groups is 1. The maximum atomic E-state index is 12.6. The van der Waals surface area contributed by atoms with E-state index >= 15 is 0 Å². The third-order valence-corrected chi connectivity index (χ3v) is 1.49. The minimum Gasteiger partial charge on any atom is -0.504 e. The fourth-order valence-electron chi connectivity index (χ4n) is 0.570. The highest BCUT2D eigenvalue weighted by Gasteiger charge is 2.06. The lowest BCUT2D eigenvalue weighted by Gasteiger charge is -2.00. The van der Waals surface area contributed by atoms with Crippen molar-refractivity contribution in [2.75, 3.05) is 5.73 Å². The molecule has 0 heterocycles. The quantitative estimate of drug-likeness (QED) is 0.396. The number of benzene rings is 1. The summed E-state index contributed by atoms with van der Waals surface area (Å²) in [6.45, 7) is 0. The zero-order valence-corrected chi connectivity index (χ0v) is 5.90. The molecular formula is C6H6FNOS. The van der Waals surface area contributed by atoms with Gasteiger partial charge >= 0.3 is 0 Å². The van der Waals surface area contributed by atoms with Crippen LogP contribution in [0.3, 0.4) is 0 Å². The molecule has 4 heteroatoms. The average Bonchev–Trinajstić information content (AvgIpc) is 1.93. The predicted molar refractivity (Wildman–Crippen MR) is 39.7 cm³/mol. The highest BCUT2D eigenvalue weighted by molar-refractivity contribution is 7.80. The smallest absolute Gasteiger partial charge is 0.188 e. The topological polar surface area (TPSA) is 46.2 Å². The summed E-state index contributed by atoms with van der Waals surface area (Å²) in [6.07, 6.45) is 0. The number of nitrogens with two attached hydrogens (primary N) is 1. The number of rotatable bonds is 0. The lowest BCUT2D eigenvalue weighted by molar-refractivity contribution is 0.422. The Kier molecular flexibility index (Phi) is 1.72. The first kappa shape index (κ1) is 7.21. The summed E-state index contributed by atoms with van der Waals surface area (Å²) in [6, 6.07) is 2.77. The summed E-state index contributed by atoms with van der Waals surface area (Å²) in [7, 11) is 0. The van der Waals surface area contributed by atoms with Gasteiger partial charge in [0.05, 0.1) is 5.69 Å². The first-order valence-electron chi connectivity index (χ1n) is 2.59. The van der Waals surface area contributed by atoms with Crippen molar-refractivity contribution < 1.29 is 9.50 Å². The van der Waals surface area contributed by atoms with Crippen molar-refractivity contribution in [2.45, 2.75) is 4.90 Å². The number of phenols is 1. The molecule has 2 nitrogen and oxygen atoms in total. The highest BCUT2D eigenvalue weighted by atomic mass is 32.1. The first-order valence-corrected chi connectivity index (χ1v) is 3.03. The van der Waals surface area contributed by atoms with Gasteiger partial charge in [0.15, 0.2) is 11.6 Å². The molecule has 0 unspecified atom stereocenters. The number of hydrogen-bond acceptors (Lipinski definition) is 3. The van der Waals surface area contributed by atoms with Gasteiger partial charge in [0.2, 0.25) is 0 Å². The minimum atomic E-state index is -0.812. The van der Waals surface area contributed by atoms with E-state index in [-0.39, 0.29) is 10.6 Å². The Morgan fingerprint density at radius 2 is 2.10 bits per heavy atom. The van der Waals surface area contributed by atoms with E-state index in [1.54, 1.807) is 0 Å². The van der Waals surface area contributed by atoms with Crippen LogP contribution in [0.5, 0.6) is 5.75 Å². The molecule has 0 amide bonds. The normalized spacial score (nSPS) is 9.80. The van der Waals surface area contributed by atoms with Crippen molar-refractivity contribution in [3.8, 4) is 5.75 Å². The largest absolute Gasteiger partial charge is 0.504 e. The average molecular weight is 159 g/mol. The van der Waals surface area contributed by atoms with Gasteiger partial charge in [0, 0.05) is 4.90 Å². The molecular weight excluding hydrogens is 153 g/mol. The monoisotopic (exact) mass is 159 g/mol. The van der Waals surface area contributed by atoms with E-state index < -0.39 is 11.6 Å². The Morgan fingerprint density at radius 1 is 1.50 bits per heavy atom. The zero-order valence-electron chi connectivity index (χ0n) is 5.00. The van der Waals surface area contributed by atoms with Crippen LogP contribution in [0, 0.1) is 5.82 Å². The second kappa shape index (κ2) is 2.38. The van der Waals surface area contributed by atoms with Crippen molar-refractivity contribution >= 4 is 18.3 Å². The van der Waals surface area contributed by atoms with Crippen molar-refractivity contribution in [1.82, 2.24) is 0 Å². The van der Waals surface area contributed by atoms with Gasteiger partial charge in [-0.2, -0.15) is 0 Å². The lowest BCUT2D eigenvalue weighted by atomic mass is 10.3. The number of phenolic OH excluding ortho intramolecular Hbond substituents is 1. The van der Waals surface area contributed by atoms with Crippen LogP contribution in [0.25, 0.3) is 0 Å². The summed E-state index contributed by atoms with van der Waals surface area (Å²) in [5, 5.41) is 8.86. The van der Waals surface area contributed by atoms with E-state index in [1.807, 2.05) is 0 Å². The second-order valence-electron chi connectivity index (χ2n) is 1.84. The molecule has 3 N–H and O–H groups in total. The Balaban J connectivity index is 3.34. The van der Waals surface area contributed by atoms with E-state index in [1.165, 1.54) is 12.1 Å². The molecule has 0 atom stereocenters. The molecule has 0 saturated carbocycles. The van der Waals surface area contributed by atoms with Gasteiger partial charge in [-0.3, -0.25) is 0 Å². The number of hydrogen-bond donors (Lipinski definition) is 3. The molecule has 10 heavy (non-hydrogen) atoms. The van der Waals surface area contributed by atoms with E-state index in [4.69, 9.17) is 10.8 Å². The van der Waals surface area contributed by atoms with Crippen molar-refractivity contribution in [3.05, 3.63) is 17.9 Å². The maximum absolute atomic E-state index is 12.6. The van der Waals surface area contributed by atoms with Crippen LogP contribution in [0.4, 0.5) is 10.1 Å². The second-order valence-corrected chi connectivity index (χ2v) is 2.32. The minimum absolute atomic E-state index is 0.0738. The van der Waals surface area contributed by atoms with Crippen LogP contribution in [0.15, 0.2) is 17.0 Å². The molecule has 54 valence electrons. The van der Waals surface area contributed by atoms with Crippen LogP contribution in [-0.4, -0.2) is 5.11 Å². The molecule has 0 radical (unpaired) electrons. The van der Waals surface area contributed by atoms with E-state index in [2.05, 4.69) is 12.6 Å². The molecule has 0 aliphatic carbocycles. The fourth-order valence-corrected chi connectivity index (χ4v) is 0.743. The van der Waals surface area contributed by atoms with E-state index in [9.17, 15) is 4.39 Å². The summed E-state index contributed by atoms with van der Waals surface area (Å²) in [5.41, 5.74) is 5.05. The van der Waals surface area contributed by atoms with Crippen molar-refractivity contribution in [3.63, 3.8) is 0 Å². The highest BCUT2D eigenvalue weighted by Crippen LogP contribution is 2.27. The molecule has 1 aromatic carbocycles. The molecule has 0 saturated heterocycles. The van der Waals surface area contributed by atoms with Gasteiger partial charge in [-0.05, 0) is 12.1 Å². The Labute approximate surface area is 62.9 Å². The molecule has 0 aliphatic heterocycles. The van der Waals surface area contributed by atoms with Gasteiger partial charge in [-0.1, -0.05) is 0 Å². The molecule has 1 rings (SSSR count). The number of anilines is 1. The third kappa shape index (κ3) is 1.02. The zero-order chi connectivity index (χ0) is 7.72. The summed E-state index contributed by atoms with van der Waals surface area (Å²) in [5.74, 6) is -1.31. The fraction of sp³-hybridized carbons (Fsp3) is 0. The van der Waals surface area contributed by atoms with Gasteiger partial charge < -0.3 is 10.8 Å². The van der Waals surface area contributed by atoms with Crippen LogP contribution >= 0.6 is 12.6 Å². The van der Waals surface area contributed by atoms with Gasteiger partial charge in [0.25, 0.3) is 0 Å². The maximum Gasteiger partial charge on any atom is 0.188 e. The lowest BCUT2D eigenvalue weighted by Crippen LogP contribution is -1.90. The number of aromatic hydroxyl groups is 1. The molecule has 0 fully saturated rings. The molecule has 1 aromatic rings. The van der Waals surface area contributed by atoms with Gasteiger partial charge in [0.1, 0.15) is 0 Å². The summed E-state index contributed by atoms with van der Waals surface area (Å²) in [4.78, 5) is 0.187. The van der Waals surface area contributed by atoms with Crippen LogP contribution < -0.4 is 5.73 Å². The van der Waals surface area contributed by atoms with Crippen LogP contribution in [0.1, 0.15) is 0 Å². The third-order valence-electron chi connectivity index (χ3n) is 1.12. The van der Waals surface area contributed by atoms with Gasteiger partial charge in [-0.25, -0.2) is 4.39 Å². The number of halogens is 1. The van der Waals surface area contributed by atoms with Crippen LogP contribution in [-0.2, 0) is 0 Å². The van der Waals surface area contributed by atoms with E-state index in [0.29, 0.717) is 0 Å². The molecule has 0 bridgehead atoms. The standard InChI is InChI=1S/C6H6FNOS/c7-5-3(8)1-2-4(10)6(5)9/h1-2,9-10H,8H2. The SMILES string of the molecule is Nc1ccc(S)c(O)c1F. The molecule has 0 aromatic heterocycles. The van der Waals surface area contributed by atoms with Crippen molar-refractivity contribution in [2.24, 2.45) is 0 Å². The Morgan fingerprint density at radius 3 is 2.60 bits per heavy atom. The molecule has 0 spiro atoms. The number of nitrogen functional groups attached to an aromatic ring is 1. The van der Waals surface area contributed by atoms with Crippen molar-refractivity contribution in [1.29, 1.82) is 0 Å². The predicted octanol–water partition coefficient (Wildman–Crippen LogP) is 1.40. The summed E-state index contributed by atoms with van der Waals surface area (Å²) >= 11 is 3.77. The van der Waals surface area contributed by atoms with Gasteiger partial charge in [-0.15, -0.1) is 12.6 Å². The Bertz CT molecular complexity index is 237. The van der Waals surface area contributed by atoms with E-state index in [0.717, 1.165) is 0 Å². The Hall–Kier alpha value is -0.900. The summed E-state index contributed by atoms with van der Waals surface area (Å²) < 4.78 is 12.6. The van der Waals surface area contributed by atoms with Crippen LogP contribution in [0.2, 0.25) is 0 Å².